The highest BCUT2D eigenvalue weighted by molar-refractivity contribution is 7.98. The summed E-state index contributed by atoms with van der Waals surface area (Å²) in [7, 11) is 0. The van der Waals surface area contributed by atoms with Gasteiger partial charge in [0.2, 0.25) is 5.95 Å². The topological polar surface area (TPSA) is 95.2 Å². The van der Waals surface area contributed by atoms with Crippen molar-refractivity contribution in [3.8, 4) is 0 Å². The molecule has 0 radical (unpaired) electrons. The number of ether oxygens (including phenoxy) is 1. The molecule has 9 heteroatoms. The Labute approximate surface area is 204 Å². The lowest BCUT2D eigenvalue weighted by Gasteiger charge is -2.39. The van der Waals surface area contributed by atoms with Crippen molar-refractivity contribution >= 4 is 46.3 Å². The highest BCUT2D eigenvalue weighted by atomic mass is 32.2. The number of benzene rings is 1. The molecule has 2 aliphatic rings. The van der Waals surface area contributed by atoms with E-state index in [0.29, 0.717) is 5.95 Å². The third-order valence-corrected chi connectivity index (χ3v) is 7.08. The fraction of sp³-hybridized carbons (Fsp3) is 0.480. The van der Waals surface area contributed by atoms with E-state index >= 15 is 0 Å². The van der Waals surface area contributed by atoms with Gasteiger partial charge in [-0.2, -0.15) is 4.98 Å². The molecule has 8 nitrogen and oxygen atoms in total. The van der Waals surface area contributed by atoms with E-state index in [2.05, 4.69) is 15.6 Å². The number of anilines is 3. The second kappa shape index (κ2) is 9.02. The number of hydrogen-bond acceptors (Lipinski definition) is 7. The maximum atomic E-state index is 12.8. The van der Waals surface area contributed by atoms with Gasteiger partial charge >= 0.3 is 6.09 Å². The maximum absolute atomic E-state index is 12.8. The molecular formula is C25H32N6O2S. The zero-order valence-electron chi connectivity index (χ0n) is 20.1. The maximum Gasteiger partial charge on any atom is 0.410 e. The first-order valence-electron chi connectivity index (χ1n) is 11.8. The summed E-state index contributed by atoms with van der Waals surface area (Å²) in [5.41, 5.74) is 0.400. The Kier molecular flexibility index (Phi) is 6.06. The number of para-hydroxylation sites is 1. The molecule has 0 spiro atoms. The van der Waals surface area contributed by atoms with Crippen LogP contribution in [-0.2, 0) is 4.74 Å². The number of amides is 1. The fourth-order valence-electron chi connectivity index (χ4n) is 5.02. The number of thioether (sulfide) groups is 1. The van der Waals surface area contributed by atoms with E-state index in [1.165, 1.54) is 0 Å². The van der Waals surface area contributed by atoms with Crippen molar-refractivity contribution in [1.29, 1.82) is 0 Å². The van der Waals surface area contributed by atoms with Crippen LogP contribution < -0.4 is 10.6 Å². The normalized spacial score (nSPS) is 22.1. The Morgan fingerprint density at radius 1 is 1.12 bits per heavy atom. The highest BCUT2D eigenvalue weighted by Crippen LogP contribution is 2.38. The van der Waals surface area contributed by atoms with Crippen LogP contribution in [0.5, 0.6) is 0 Å². The minimum Gasteiger partial charge on any atom is -0.444 e. The number of carbonyl (C=O) groups is 1. The van der Waals surface area contributed by atoms with Gasteiger partial charge in [0.1, 0.15) is 17.2 Å². The van der Waals surface area contributed by atoms with Gasteiger partial charge in [-0.15, -0.1) is 11.8 Å². The third kappa shape index (κ3) is 4.80. The Balaban J connectivity index is 1.34. The van der Waals surface area contributed by atoms with Crippen LogP contribution >= 0.6 is 11.8 Å². The number of carbonyl (C=O) groups excluding carboxylic acids is 1. The van der Waals surface area contributed by atoms with E-state index < -0.39 is 5.60 Å². The van der Waals surface area contributed by atoms with Gasteiger partial charge in [-0.1, -0.05) is 12.1 Å². The molecule has 1 amide bonds. The first-order valence-corrected chi connectivity index (χ1v) is 13.1. The van der Waals surface area contributed by atoms with E-state index in [1.54, 1.807) is 11.8 Å². The summed E-state index contributed by atoms with van der Waals surface area (Å²) in [6.07, 6.45) is 5.60. The van der Waals surface area contributed by atoms with Gasteiger partial charge < -0.3 is 25.3 Å². The van der Waals surface area contributed by atoms with Gasteiger partial charge in [0.05, 0.1) is 10.5 Å². The number of nitrogens with one attached hydrogen (secondary N) is 3. The molecule has 2 bridgehead atoms. The number of fused-ring (bicyclic) bond motifs is 3. The quantitative estimate of drug-likeness (QED) is 0.399. The van der Waals surface area contributed by atoms with Crippen molar-refractivity contribution in [3.05, 3.63) is 36.4 Å². The lowest BCUT2D eigenvalue weighted by Crippen LogP contribution is -2.51. The van der Waals surface area contributed by atoms with Crippen molar-refractivity contribution in [1.82, 2.24) is 19.9 Å². The Hall–Kier alpha value is -2.94. The molecule has 5 rings (SSSR count). The van der Waals surface area contributed by atoms with E-state index in [-0.39, 0.29) is 24.2 Å². The van der Waals surface area contributed by atoms with E-state index in [1.807, 2.05) is 68.3 Å². The van der Waals surface area contributed by atoms with Crippen molar-refractivity contribution in [2.45, 2.75) is 75.2 Å². The minimum absolute atomic E-state index is 0.188. The summed E-state index contributed by atoms with van der Waals surface area (Å²) >= 11 is 1.66. The zero-order chi connectivity index (χ0) is 23.9. The molecule has 2 saturated heterocycles. The molecule has 34 heavy (non-hydrogen) atoms. The predicted molar refractivity (Wildman–Crippen MR) is 137 cm³/mol. The Bertz CT molecular complexity index is 1180. The first-order chi connectivity index (χ1) is 16.3. The molecule has 1 aromatic carbocycles. The number of piperidine rings is 1. The Morgan fingerprint density at radius 2 is 1.85 bits per heavy atom. The van der Waals surface area contributed by atoms with Crippen LogP contribution in [0, 0.1) is 0 Å². The summed E-state index contributed by atoms with van der Waals surface area (Å²) in [6, 6.07) is 12.7. The lowest BCUT2D eigenvalue weighted by atomic mass is 9.98. The molecule has 2 unspecified atom stereocenters. The highest BCUT2D eigenvalue weighted by Gasteiger charge is 2.45. The third-order valence-electron chi connectivity index (χ3n) is 6.41. The monoisotopic (exact) mass is 480 g/mol. The Morgan fingerprint density at radius 3 is 2.53 bits per heavy atom. The summed E-state index contributed by atoms with van der Waals surface area (Å²) in [5.74, 6) is 2.26. The van der Waals surface area contributed by atoms with E-state index in [4.69, 9.17) is 14.7 Å². The first kappa shape index (κ1) is 22.8. The summed E-state index contributed by atoms with van der Waals surface area (Å²) in [5, 5.41) is 9.05. The molecule has 3 aromatic rings. The van der Waals surface area contributed by atoms with Gasteiger partial charge in [0.15, 0.2) is 0 Å². The minimum atomic E-state index is -0.482. The van der Waals surface area contributed by atoms with E-state index in [0.717, 1.165) is 53.2 Å². The fourth-order valence-corrected chi connectivity index (χ4v) is 5.44. The lowest BCUT2D eigenvalue weighted by molar-refractivity contribution is 0.00682. The van der Waals surface area contributed by atoms with Crippen molar-refractivity contribution in [2.75, 3.05) is 16.9 Å². The van der Waals surface area contributed by atoms with Crippen molar-refractivity contribution in [2.24, 2.45) is 0 Å². The average Bonchev–Trinajstić information content (AvgIpc) is 3.34. The number of aromatic amines is 1. The van der Waals surface area contributed by atoms with Gasteiger partial charge in [-0.05, 0) is 77.0 Å². The molecule has 0 saturated carbocycles. The van der Waals surface area contributed by atoms with Crippen LogP contribution in [-0.4, -0.2) is 55.9 Å². The number of rotatable bonds is 5. The smallest absolute Gasteiger partial charge is 0.410 e. The predicted octanol–water partition coefficient (Wildman–Crippen LogP) is 5.77. The second-order valence-electron chi connectivity index (χ2n) is 10.1. The van der Waals surface area contributed by atoms with Crippen LogP contribution in [0.25, 0.3) is 10.9 Å². The molecule has 0 aliphatic carbocycles. The van der Waals surface area contributed by atoms with Crippen molar-refractivity contribution < 1.29 is 9.53 Å². The molecule has 2 atom stereocenters. The average molecular weight is 481 g/mol. The van der Waals surface area contributed by atoms with Gasteiger partial charge in [-0.3, -0.25) is 0 Å². The second-order valence-corrected chi connectivity index (χ2v) is 10.9. The van der Waals surface area contributed by atoms with Crippen LogP contribution in [0.4, 0.5) is 22.4 Å². The standard InChI is InChI=1S/C25H32N6O2S/c1-25(2,3)33-24(32)31-16-9-10-17(31)14-15(13-16)26-23-27-19-8-6-5-7-18(19)22(30-23)29-20-11-12-21(28-20)34-4/h5-8,11-12,15-17,28H,9-10,13-14H2,1-4H3,(H2,26,27,29,30). The molecule has 2 aromatic heterocycles. The SMILES string of the molecule is CSc1ccc(Nc2nc(NC3CC4CCC(C3)N4C(=O)OC(C)(C)C)nc3ccccc23)[nH]1. The molecule has 3 N–H and O–H groups in total. The van der Waals surface area contributed by atoms with Gasteiger partial charge in [-0.25, -0.2) is 9.78 Å². The summed E-state index contributed by atoms with van der Waals surface area (Å²) in [6.45, 7) is 5.75. The van der Waals surface area contributed by atoms with Crippen LogP contribution in [0.3, 0.4) is 0 Å². The number of nitrogens with zero attached hydrogens (tertiary/aromatic N) is 3. The van der Waals surface area contributed by atoms with Gasteiger partial charge in [0, 0.05) is 23.5 Å². The van der Waals surface area contributed by atoms with Gasteiger partial charge in [0.25, 0.3) is 0 Å². The van der Waals surface area contributed by atoms with E-state index in [9.17, 15) is 4.79 Å². The van der Waals surface area contributed by atoms with Crippen LogP contribution in [0.1, 0.15) is 46.5 Å². The summed E-state index contributed by atoms with van der Waals surface area (Å²) < 4.78 is 5.67. The van der Waals surface area contributed by atoms with Crippen molar-refractivity contribution in [3.63, 3.8) is 0 Å². The number of hydrogen-bond donors (Lipinski definition) is 3. The molecule has 2 aliphatic heterocycles. The van der Waals surface area contributed by atoms with Crippen LogP contribution in [0.2, 0.25) is 0 Å². The summed E-state index contributed by atoms with van der Waals surface area (Å²) in [4.78, 5) is 27.7. The number of aromatic nitrogens is 3. The molecule has 2 fully saturated rings. The van der Waals surface area contributed by atoms with Crippen LogP contribution in [0.15, 0.2) is 41.4 Å². The molecule has 180 valence electrons. The number of H-pyrrole nitrogens is 1. The largest absolute Gasteiger partial charge is 0.444 e. The molecule has 4 heterocycles. The molecular weight excluding hydrogens is 448 g/mol. The zero-order valence-corrected chi connectivity index (χ0v) is 20.9.